The van der Waals surface area contributed by atoms with Crippen molar-refractivity contribution in [2.24, 2.45) is 5.73 Å². The third-order valence-electron chi connectivity index (χ3n) is 2.43. The maximum Gasteiger partial charge on any atom is 0.0360 e. The van der Waals surface area contributed by atoms with Crippen LogP contribution in [0.4, 0.5) is 0 Å². The Hall–Kier alpha value is -0.930. The van der Waals surface area contributed by atoms with Crippen molar-refractivity contribution < 1.29 is 0 Å². The van der Waals surface area contributed by atoms with Crippen LogP contribution in [0.5, 0.6) is 0 Å². The van der Waals surface area contributed by atoms with Gasteiger partial charge in [-0.25, -0.2) is 0 Å². The predicted octanol–water partition coefficient (Wildman–Crippen LogP) is 1.81. The summed E-state index contributed by atoms with van der Waals surface area (Å²) in [6, 6.07) is 4.46. The van der Waals surface area contributed by atoms with E-state index in [9.17, 15) is 0 Å². The van der Waals surface area contributed by atoms with Gasteiger partial charge in [0, 0.05) is 24.0 Å². The summed E-state index contributed by atoms with van der Waals surface area (Å²) < 4.78 is 0. The van der Waals surface area contributed by atoms with Gasteiger partial charge in [0.05, 0.1) is 0 Å². The highest BCUT2D eigenvalue weighted by Crippen LogP contribution is 2.25. The normalized spacial score (nSPS) is 14.3. The molecule has 1 rings (SSSR count). The van der Waals surface area contributed by atoms with Crippen LogP contribution in [-0.4, -0.2) is 29.5 Å². The van der Waals surface area contributed by atoms with Gasteiger partial charge in [-0.3, -0.25) is 4.98 Å². The Morgan fingerprint density at radius 3 is 2.27 bits per heavy atom. The number of hydrogen-bond acceptors (Lipinski definition) is 3. The maximum absolute atomic E-state index is 6.07. The molecule has 3 heteroatoms. The second kappa shape index (κ2) is 4.73. The summed E-state index contributed by atoms with van der Waals surface area (Å²) in [6.07, 6.45) is 4.59. The standard InChI is InChI=1S/C12H21N3/c1-12(2,13)9-11(15(3)4)10-5-7-14-8-6-10/h5-8,11H,9,13H2,1-4H3. The van der Waals surface area contributed by atoms with Gasteiger partial charge in [-0.05, 0) is 52.1 Å². The molecule has 3 nitrogen and oxygen atoms in total. The van der Waals surface area contributed by atoms with Gasteiger partial charge in [-0.2, -0.15) is 0 Å². The number of pyridine rings is 1. The zero-order valence-corrected chi connectivity index (χ0v) is 10.1. The van der Waals surface area contributed by atoms with Gasteiger partial charge in [-0.15, -0.1) is 0 Å². The zero-order chi connectivity index (χ0) is 11.5. The summed E-state index contributed by atoms with van der Waals surface area (Å²) >= 11 is 0. The smallest absolute Gasteiger partial charge is 0.0360 e. The van der Waals surface area contributed by atoms with Gasteiger partial charge in [0.15, 0.2) is 0 Å². The summed E-state index contributed by atoms with van der Waals surface area (Å²) in [6.45, 7) is 4.12. The molecule has 1 unspecified atom stereocenters. The minimum atomic E-state index is -0.155. The van der Waals surface area contributed by atoms with Crippen LogP contribution in [0.1, 0.15) is 31.9 Å². The van der Waals surface area contributed by atoms with E-state index in [4.69, 9.17) is 5.73 Å². The highest BCUT2D eigenvalue weighted by Gasteiger charge is 2.21. The average molecular weight is 207 g/mol. The molecule has 1 aromatic rings. The fraction of sp³-hybridized carbons (Fsp3) is 0.583. The quantitative estimate of drug-likeness (QED) is 0.818. The average Bonchev–Trinajstić information content (AvgIpc) is 2.14. The summed E-state index contributed by atoms with van der Waals surface area (Å²) in [4.78, 5) is 6.23. The first-order chi connectivity index (χ1) is 6.90. The molecular formula is C12H21N3. The number of hydrogen-bond donors (Lipinski definition) is 1. The fourth-order valence-electron chi connectivity index (χ4n) is 1.68. The van der Waals surface area contributed by atoms with Gasteiger partial charge >= 0.3 is 0 Å². The van der Waals surface area contributed by atoms with Gasteiger partial charge in [0.2, 0.25) is 0 Å². The lowest BCUT2D eigenvalue weighted by Gasteiger charge is -2.31. The van der Waals surface area contributed by atoms with Gasteiger partial charge < -0.3 is 10.6 Å². The second-order valence-corrected chi connectivity index (χ2v) is 4.95. The first kappa shape index (κ1) is 12.1. The molecule has 1 aromatic heterocycles. The van der Waals surface area contributed by atoms with Crippen molar-refractivity contribution in [2.45, 2.75) is 31.8 Å². The van der Waals surface area contributed by atoms with Crippen molar-refractivity contribution in [1.82, 2.24) is 9.88 Å². The minimum absolute atomic E-state index is 0.155. The molecule has 0 aliphatic rings. The topological polar surface area (TPSA) is 42.1 Å². The Morgan fingerprint density at radius 1 is 1.33 bits per heavy atom. The Balaban J connectivity index is 2.85. The third kappa shape index (κ3) is 3.98. The minimum Gasteiger partial charge on any atom is -0.325 e. The van der Waals surface area contributed by atoms with E-state index in [0.29, 0.717) is 6.04 Å². The Kier molecular flexibility index (Phi) is 3.83. The summed E-state index contributed by atoms with van der Waals surface area (Å²) in [5.41, 5.74) is 7.19. The van der Waals surface area contributed by atoms with Gasteiger partial charge in [0.25, 0.3) is 0 Å². The monoisotopic (exact) mass is 207 g/mol. The molecule has 15 heavy (non-hydrogen) atoms. The molecular weight excluding hydrogens is 186 g/mol. The van der Waals surface area contributed by atoms with Crippen LogP contribution in [0.2, 0.25) is 0 Å². The molecule has 0 amide bonds. The van der Waals surface area contributed by atoms with Crippen molar-refractivity contribution in [2.75, 3.05) is 14.1 Å². The molecule has 0 radical (unpaired) electrons. The number of nitrogens with zero attached hydrogens (tertiary/aromatic N) is 2. The number of rotatable bonds is 4. The first-order valence-electron chi connectivity index (χ1n) is 5.25. The van der Waals surface area contributed by atoms with Gasteiger partial charge in [0.1, 0.15) is 0 Å². The van der Waals surface area contributed by atoms with E-state index in [2.05, 4.69) is 50.0 Å². The lowest BCUT2D eigenvalue weighted by atomic mass is 9.92. The summed E-state index contributed by atoms with van der Waals surface area (Å²) in [5.74, 6) is 0. The Labute approximate surface area is 92.3 Å². The lowest BCUT2D eigenvalue weighted by molar-refractivity contribution is 0.243. The molecule has 0 saturated heterocycles. The number of nitrogens with two attached hydrogens (primary N) is 1. The fourth-order valence-corrected chi connectivity index (χ4v) is 1.68. The highest BCUT2D eigenvalue weighted by molar-refractivity contribution is 5.15. The molecule has 0 bridgehead atoms. The Bertz CT molecular complexity index is 287. The molecule has 1 atom stereocenters. The predicted molar refractivity (Wildman–Crippen MR) is 63.5 cm³/mol. The second-order valence-electron chi connectivity index (χ2n) is 4.95. The SMILES string of the molecule is CN(C)C(CC(C)(C)N)c1ccncc1. The van der Waals surface area contributed by atoms with Crippen molar-refractivity contribution >= 4 is 0 Å². The molecule has 1 heterocycles. The van der Waals surface area contributed by atoms with E-state index < -0.39 is 0 Å². The van der Waals surface area contributed by atoms with Crippen LogP contribution >= 0.6 is 0 Å². The molecule has 0 aromatic carbocycles. The molecule has 0 aliphatic carbocycles. The van der Waals surface area contributed by atoms with E-state index >= 15 is 0 Å². The van der Waals surface area contributed by atoms with E-state index in [1.807, 2.05) is 12.4 Å². The van der Waals surface area contributed by atoms with E-state index in [1.54, 1.807) is 0 Å². The van der Waals surface area contributed by atoms with E-state index in [0.717, 1.165) is 6.42 Å². The Morgan fingerprint density at radius 2 is 1.87 bits per heavy atom. The lowest BCUT2D eigenvalue weighted by Crippen LogP contribution is -2.37. The first-order valence-corrected chi connectivity index (χ1v) is 5.25. The molecule has 0 spiro atoms. The van der Waals surface area contributed by atoms with Crippen LogP contribution in [-0.2, 0) is 0 Å². The summed E-state index contributed by atoms with van der Waals surface area (Å²) in [7, 11) is 4.16. The van der Waals surface area contributed by atoms with Crippen LogP contribution in [0.3, 0.4) is 0 Å². The van der Waals surface area contributed by atoms with Crippen molar-refractivity contribution in [3.05, 3.63) is 30.1 Å². The van der Waals surface area contributed by atoms with E-state index in [1.165, 1.54) is 5.56 Å². The molecule has 0 aliphatic heterocycles. The molecule has 2 N–H and O–H groups in total. The zero-order valence-electron chi connectivity index (χ0n) is 10.1. The van der Waals surface area contributed by atoms with Crippen LogP contribution < -0.4 is 5.73 Å². The van der Waals surface area contributed by atoms with Crippen LogP contribution in [0, 0.1) is 0 Å². The molecule has 0 fully saturated rings. The molecule has 0 saturated carbocycles. The third-order valence-corrected chi connectivity index (χ3v) is 2.43. The number of aromatic nitrogens is 1. The molecule has 84 valence electrons. The largest absolute Gasteiger partial charge is 0.325 e. The van der Waals surface area contributed by atoms with Crippen molar-refractivity contribution in [3.8, 4) is 0 Å². The maximum atomic E-state index is 6.07. The van der Waals surface area contributed by atoms with Gasteiger partial charge in [-0.1, -0.05) is 0 Å². The van der Waals surface area contributed by atoms with Crippen LogP contribution in [0.15, 0.2) is 24.5 Å². The van der Waals surface area contributed by atoms with Crippen LogP contribution in [0.25, 0.3) is 0 Å². The summed E-state index contributed by atoms with van der Waals surface area (Å²) in [5, 5.41) is 0. The highest BCUT2D eigenvalue weighted by atomic mass is 15.1. The van der Waals surface area contributed by atoms with Crippen molar-refractivity contribution in [1.29, 1.82) is 0 Å². The van der Waals surface area contributed by atoms with Crippen molar-refractivity contribution in [3.63, 3.8) is 0 Å². The van der Waals surface area contributed by atoms with E-state index in [-0.39, 0.29) is 5.54 Å².